The van der Waals surface area contributed by atoms with Gasteiger partial charge in [0, 0.05) is 13.0 Å². The van der Waals surface area contributed by atoms with Gasteiger partial charge in [-0.3, -0.25) is 29.4 Å². The molecule has 1 aromatic heterocycles. The number of rotatable bonds is 8. The minimum absolute atomic E-state index is 0.0347. The molecule has 0 aliphatic carbocycles. The fourth-order valence-corrected chi connectivity index (χ4v) is 3.86. The Kier molecular flexibility index (Phi) is 6.98. The largest absolute Gasteiger partial charge is 0.347 e. The van der Waals surface area contributed by atoms with Crippen molar-refractivity contribution in [3.8, 4) is 0 Å². The fraction of sp³-hybridized carbons (Fsp3) is 0.158. The van der Waals surface area contributed by atoms with Crippen LogP contribution in [-0.4, -0.2) is 43.5 Å². The number of amides is 2. The average Bonchev–Trinajstić information content (AvgIpc) is 2.76. The Morgan fingerprint density at radius 3 is 2.39 bits per heavy atom. The number of halogens is 2. The Hall–Kier alpha value is -3.91. The predicted octanol–water partition coefficient (Wildman–Crippen LogP) is -0.0821. The molecule has 0 atom stereocenters. The summed E-state index contributed by atoms with van der Waals surface area (Å²) in [6, 6.07) is 6.32. The van der Waals surface area contributed by atoms with Gasteiger partial charge >= 0.3 is 0 Å². The second kappa shape index (κ2) is 9.70. The van der Waals surface area contributed by atoms with Crippen LogP contribution in [0.2, 0.25) is 0 Å². The van der Waals surface area contributed by atoms with Crippen molar-refractivity contribution in [3.05, 3.63) is 68.7 Å². The third-order valence-corrected chi connectivity index (χ3v) is 5.85. The number of benzene rings is 2. The van der Waals surface area contributed by atoms with Gasteiger partial charge in [0.25, 0.3) is 11.1 Å². The van der Waals surface area contributed by atoms with E-state index in [0.29, 0.717) is 12.1 Å². The van der Waals surface area contributed by atoms with E-state index in [0.717, 1.165) is 6.07 Å². The molecule has 0 bridgehead atoms. The Morgan fingerprint density at radius 1 is 0.939 bits per heavy atom. The lowest BCUT2D eigenvalue weighted by atomic mass is 10.1. The summed E-state index contributed by atoms with van der Waals surface area (Å²) in [5.74, 6) is -3.91. The van der Waals surface area contributed by atoms with Gasteiger partial charge in [-0.15, -0.1) is 0 Å². The number of aromatic nitrogens is 2. The molecule has 174 valence electrons. The molecule has 14 heteroatoms. The lowest BCUT2D eigenvalue weighted by Gasteiger charge is -2.09. The van der Waals surface area contributed by atoms with Gasteiger partial charge in [0.1, 0.15) is 0 Å². The maximum Gasteiger partial charge on any atom is 0.272 e. The van der Waals surface area contributed by atoms with Crippen molar-refractivity contribution in [1.29, 1.82) is 0 Å². The van der Waals surface area contributed by atoms with Crippen LogP contribution >= 0.6 is 0 Å². The molecule has 1 heterocycles. The lowest BCUT2D eigenvalue weighted by Crippen LogP contribution is -2.35. The molecule has 0 saturated carbocycles. The summed E-state index contributed by atoms with van der Waals surface area (Å²) in [7, 11) is -4.17. The van der Waals surface area contributed by atoms with Crippen LogP contribution in [0.15, 0.2) is 50.9 Å². The van der Waals surface area contributed by atoms with E-state index >= 15 is 0 Å². The first-order valence-electron chi connectivity index (χ1n) is 9.33. The smallest absolute Gasteiger partial charge is 0.272 e. The van der Waals surface area contributed by atoms with Crippen LogP contribution in [0.25, 0.3) is 10.8 Å². The zero-order valence-corrected chi connectivity index (χ0v) is 17.5. The zero-order valence-electron chi connectivity index (χ0n) is 16.7. The monoisotopic (exact) mass is 481 g/mol. The average molecular weight is 481 g/mol. The molecule has 3 rings (SSSR count). The van der Waals surface area contributed by atoms with Crippen LogP contribution in [0.4, 0.5) is 14.5 Å². The van der Waals surface area contributed by atoms with Gasteiger partial charge in [0.05, 0.1) is 27.9 Å². The number of nitrogens with one attached hydrogen (secondary N) is 5. The summed E-state index contributed by atoms with van der Waals surface area (Å²) >= 11 is 0. The maximum absolute atomic E-state index is 13.2. The van der Waals surface area contributed by atoms with E-state index in [2.05, 4.69) is 25.6 Å². The summed E-state index contributed by atoms with van der Waals surface area (Å²) in [6.07, 6.45) is -0.348. The molecule has 11 nitrogen and oxygen atoms in total. The number of sulfonamides is 1. The predicted molar refractivity (Wildman–Crippen MR) is 113 cm³/mol. The van der Waals surface area contributed by atoms with Gasteiger partial charge in [-0.05, 0) is 30.3 Å². The molecule has 3 aromatic rings. The molecule has 0 spiro atoms. The van der Waals surface area contributed by atoms with Crippen molar-refractivity contribution >= 4 is 38.3 Å². The fourth-order valence-electron chi connectivity index (χ4n) is 2.82. The first-order valence-corrected chi connectivity index (χ1v) is 10.8. The normalized spacial score (nSPS) is 11.3. The van der Waals surface area contributed by atoms with Gasteiger partial charge in [0.15, 0.2) is 11.6 Å². The van der Waals surface area contributed by atoms with E-state index in [1.54, 1.807) is 0 Å². The van der Waals surface area contributed by atoms with Crippen LogP contribution in [0, 0.1) is 11.6 Å². The van der Waals surface area contributed by atoms with Crippen LogP contribution in [0.5, 0.6) is 0 Å². The molecule has 33 heavy (non-hydrogen) atoms. The molecule has 2 aromatic carbocycles. The number of anilines is 1. The topological polar surface area (TPSA) is 170 Å². The number of aromatic amines is 2. The highest BCUT2D eigenvalue weighted by molar-refractivity contribution is 7.89. The summed E-state index contributed by atoms with van der Waals surface area (Å²) < 4.78 is 52.3. The summed E-state index contributed by atoms with van der Waals surface area (Å²) in [5, 5.41) is 9.03. The van der Waals surface area contributed by atoms with Crippen molar-refractivity contribution in [2.75, 3.05) is 18.4 Å². The Morgan fingerprint density at radius 2 is 1.67 bits per heavy atom. The highest BCUT2D eigenvalue weighted by atomic mass is 32.2. The number of hydrogen-bond donors (Lipinski definition) is 5. The first-order chi connectivity index (χ1) is 15.6. The zero-order chi connectivity index (χ0) is 24.2. The number of carbonyl (C=O) groups excluding carboxylic acids is 2. The second-order valence-electron chi connectivity index (χ2n) is 6.68. The van der Waals surface area contributed by atoms with Crippen molar-refractivity contribution in [2.24, 2.45) is 0 Å². The number of carbonyl (C=O) groups is 2. The van der Waals surface area contributed by atoms with Gasteiger partial charge < -0.3 is 10.6 Å². The molecule has 0 aliphatic heterocycles. The maximum atomic E-state index is 13.2. The van der Waals surface area contributed by atoms with E-state index in [1.807, 2.05) is 0 Å². The van der Waals surface area contributed by atoms with Gasteiger partial charge in [-0.1, -0.05) is 6.07 Å². The second-order valence-corrected chi connectivity index (χ2v) is 8.45. The van der Waals surface area contributed by atoms with Crippen LogP contribution < -0.4 is 26.5 Å². The molecule has 0 unspecified atom stereocenters. The van der Waals surface area contributed by atoms with Crippen LogP contribution in [-0.2, 0) is 19.6 Å². The quantitative estimate of drug-likeness (QED) is 0.301. The minimum Gasteiger partial charge on any atom is -0.347 e. The number of hydrogen-bond acceptors (Lipinski definition) is 6. The number of H-pyrrole nitrogens is 2. The highest BCUT2D eigenvalue weighted by Crippen LogP contribution is 2.16. The van der Waals surface area contributed by atoms with Crippen LogP contribution in [0.1, 0.15) is 6.42 Å². The highest BCUT2D eigenvalue weighted by Gasteiger charge is 2.17. The van der Waals surface area contributed by atoms with Crippen molar-refractivity contribution in [1.82, 2.24) is 20.2 Å². The summed E-state index contributed by atoms with van der Waals surface area (Å²) in [4.78, 5) is 47.3. The SMILES string of the molecule is O=C(CCNS(=O)(=O)c1ccc(F)c(F)c1)NCC(=O)Nc1cccc2c(=O)[nH][nH]c(=O)c12. The van der Waals surface area contributed by atoms with E-state index in [4.69, 9.17) is 0 Å². The molecule has 0 fully saturated rings. The summed E-state index contributed by atoms with van der Waals surface area (Å²) in [5.41, 5.74) is -1.11. The Labute approximate surface area is 184 Å². The van der Waals surface area contributed by atoms with E-state index in [9.17, 15) is 36.4 Å². The van der Waals surface area contributed by atoms with Crippen molar-refractivity contribution in [2.45, 2.75) is 11.3 Å². The lowest BCUT2D eigenvalue weighted by molar-refractivity contribution is -0.124. The molecule has 2 amide bonds. The molecular weight excluding hydrogens is 464 g/mol. The van der Waals surface area contributed by atoms with Crippen LogP contribution in [0.3, 0.4) is 0 Å². The molecule has 5 N–H and O–H groups in total. The van der Waals surface area contributed by atoms with E-state index in [-0.39, 0.29) is 29.4 Å². The molecule has 0 saturated heterocycles. The van der Waals surface area contributed by atoms with E-state index in [1.165, 1.54) is 18.2 Å². The van der Waals surface area contributed by atoms with Gasteiger partial charge in [0.2, 0.25) is 21.8 Å². The van der Waals surface area contributed by atoms with Gasteiger partial charge in [-0.25, -0.2) is 21.9 Å². The molecule has 0 aliphatic rings. The van der Waals surface area contributed by atoms with Crippen molar-refractivity contribution in [3.63, 3.8) is 0 Å². The van der Waals surface area contributed by atoms with Crippen molar-refractivity contribution < 1.29 is 26.8 Å². The third kappa shape index (κ3) is 5.67. The molecule has 0 radical (unpaired) electrons. The third-order valence-electron chi connectivity index (χ3n) is 4.39. The minimum atomic E-state index is -4.17. The van der Waals surface area contributed by atoms with E-state index < -0.39 is 56.0 Å². The summed E-state index contributed by atoms with van der Waals surface area (Å²) in [6.45, 7) is -0.859. The first kappa shape index (κ1) is 23.7. The Balaban J connectivity index is 1.52. The number of fused-ring (bicyclic) bond motifs is 1. The molecular formula is C19H17F2N5O6S. The standard InChI is InChI=1S/C19H17F2N5O6S/c20-12-5-4-10(8-13(12)21)33(31,32)23-7-6-15(27)22-9-16(28)24-14-3-1-2-11-17(14)19(30)26-25-18(11)29/h1-5,8,23H,6-7,9H2,(H,22,27)(H,24,28)(H,25,29)(H,26,30). The van der Waals surface area contributed by atoms with Gasteiger partial charge in [-0.2, -0.15) is 0 Å². The Bertz CT molecular complexity index is 1450.